The van der Waals surface area contributed by atoms with E-state index in [0.29, 0.717) is 22.1 Å². The monoisotopic (exact) mass is 330 g/mol. The van der Waals surface area contributed by atoms with Gasteiger partial charge in [-0.15, -0.1) is 0 Å². The molecule has 0 saturated carbocycles. The first-order valence-electron chi connectivity index (χ1n) is 6.74. The highest BCUT2D eigenvalue weighted by Gasteiger charge is 2.15. The number of anilines is 1. The van der Waals surface area contributed by atoms with E-state index in [1.165, 1.54) is 30.6 Å². The molecule has 0 aliphatic rings. The summed E-state index contributed by atoms with van der Waals surface area (Å²) < 4.78 is 11.2. The zero-order valence-corrected chi connectivity index (χ0v) is 13.3. The maximum Gasteiger partial charge on any atom is 0.261 e. The average Bonchev–Trinajstić information content (AvgIpc) is 2.96. The highest BCUT2D eigenvalue weighted by molar-refractivity contribution is 7.22. The fraction of sp³-hybridized carbons (Fsp3) is 0.125. The van der Waals surface area contributed by atoms with E-state index in [1.807, 2.05) is 18.2 Å². The third-order valence-corrected chi connectivity index (χ3v) is 4.21. The zero-order chi connectivity index (χ0) is 16.4. The molecular formula is C16H14N2O4S. The minimum Gasteiger partial charge on any atom is -0.507 e. The highest BCUT2D eigenvalue weighted by Crippen LogP contribution is 2.32. The Bertz CT molecular complexity index is 876. The number of hydrogen-bond donors (Lipinski definition) is 2. The lowest BCUT2D eigenvalue weighted by Crippen LogP contribution is -2.11. The molecule has 0 fully saturated rings. The number of aromatic hydroxyl groups is 1. The summed E-state index contributed by atoms with van der Waals surface area (Å²) in [6, 6.07) is 10.1. The Balaban J connectivity index is 1.88. The number of ether oxygens (including phenoxy) is 2. The van der Waals surface area contributed by atoms with Gasteiger partial charge in [0.15, 0.2) is 5.13 Å². The summed E-state index contributed by atoms with van der Waals surface area (Å²) in [5.74, 6) is 0.527. The summed E-state index contributed by atoms with van der Waals surface area (Å²) in [7, 11) is 3.06. The number of aromatic nitrogens is 1. The molecule has 2 aromatic carbocycles. The van der Waals surface area contributed by atoms with Gasteiger partial charge in [-0.3, -0.25) is 10.1 Å². The number of rotatable bonds is 4. The first-order valence-corrected chi connectivity index (χ1v) is 7.56. The van der Waals surface area contributed by atoms with Gasteiger partial charge in [0.1, 0.15) is 22.8 Å². The Hall–Kier alpha value is -2.80. The molecule has 0 unspecified atom stereocenters. The van der Waals surface area contributed by atoms with Gasteiger partial charge in [-0.2, -0.15) is 0 Å². The number of amides is 1. The Morgan fingerprint density at radius 2 is 2.04 bits per heavy atom. The number of thiazole rings is 1. The molecule has 7 heteroatoms. The Labute approximate surface area is 136 Å². The molecule has 1 aromatic heterocycles. The number of para-hydroxylation sites is 1. The van der Waals surface area contributed by atoms with Crippen molar-refractivity contribution in [1.29, 1.82) is 0 Å². The number of carbonyl (C=O) groups excluding carboxylic acids is 1. The number of benzene rings is 2. The van der Waals surface area contributed by atoms with Crippen LogP contribution in [0.15, 0.2) is 36.4 Å². The molecule has 3 rings (SSSR count). The van der Waals surface area contributed by atoms with Crippen molar-refractivity contribution >= 4 is 32.6 Å². The number of hydrogen-bond acceptors (Lipinski definition) is 6. The van der Waals surface area contributed by atoms with E-state index in [1.54, 1.807) is 13.2 Å². The van der Waals surface area contributed by atoms with Crippen molar-refractivity contribution in [2.24, 2.45) is 0 Å². The molecule has 0 spiro atoms. The normalized spacial score (nSPS) is 10.5. The van der Waals surface area contributed by atoms with E-state index < -0.39 is 5.91 Å². The van der Waals surface area contributed by atoms with Crippen molar-refractivity contribution in [1.82, 2.24) is 4.98 Å². The van der Waals surface area contributed by atoms with Gasteiger partial charge in [-0.1, -0.05) is 17.4 Å². The summed E-state index contributed by atoms with van der Waals surface area (Å²) in [4.78, 5) is 16.7. The standard InChI is InChI=1S/C16H14N2O4S/c1-21-9-6-7-10(11(19)8-9)15(20)18-16-17-14-12(22-2)4-3-5-13(14)23-16/h3-8,19H,1-2H3,(H,17,18,20). The second kappa shape index (κ2) is 6.13. The van der Waals surface area contributed by atoms with Crippen LogP contribution in [0.1, 0.15) is 10.4 Å². The van der Waals surface area contributed by atoms with Gasteiger partial charge in [-0.05, 0) is 24.3 Å². The number of fused-ring (bicyclic) bond motifs is 1. The Kier molecular flexibility index (Phi) is 4.03. The van der Waals surface area contributed by atoms with Crippen molar-refractivity contribution in [3.8, 4) is 17.2 Å². The number of nitrogens with zero attached hydrogens (tertiary/aromatic N) is 1. The predicted molar refractivity (Wildman–Crippen MR) is 88.8 cm³/mol. The molecule has 0 saturated heterocycles. The molecule has 0 atom stereocenters. The maximum atomic E-state index is 12.3. The largest absolute Gasteiger partial charge is 0.507 e. The minimum atomic E-state index is -0.442. The molecule has 0 bridgehead atoms. The zero-order valence-electron chi connectivity index (χ0n) is 12.5. The SMILES string of the molecule is COc1ccc(C(=O)Nc2nc3c(OC)cccc3s2)c(O)c1. The minimum absolute atomic E-state index is 0.150. The van der Waals surface area contributed by atoms with Crippen molar-refractivity contribution in [3.05, 3.63) is 42.0 Å². The van der Waals surface area contributed by atoms with Gasteiger partial charge in [0.2, 0.25) is 0 Å². The van der Waals surface area contributed by atoms with E-state index in [-0.39, 0.29) is 11.3 Å². The molecule has 0 aliphatic carbocycles. The topological polar surface area (TPSA) is 80.7 Å². The molecule has 2 N–H and O–H groups in total. The molecule has 1 amide bonds. The maximum absolute atomic E-state index is 12.3. The van der Waals surface area contributed by atoms with Crippen LogP contribution in [-0.4, -0.2) is 30.2 Å². The molecule has 118 valence electrons. The van der Waals surface area contributed by atoms with Gasteiger partial charge in [0, 0.05) is 6.07 Å². The molecule has 0 radical (unpaired) electrons. The van der Waals surface area contributed by atoms with E-state index in [9.17, 15) is 9.90 Å². The lowest BCUT2D eigenvalue weighted by atomic mass is 10.2. The van der Waals surface area contributed by atoms with Crippen LogP contribution < -0.4 is 14.8 Å². The number of phenols is 1. The molecule has 23 heavy (non-hydrogen) atoms. The van der Waals surface area contributed by atoms with Crippen molar-refractivity contribution in [2.45, 2.75) is 0 Å². The smallest absolute Gasteiger partial charge is 0.261 e. The van der Waals surface area contributed by atoms with E-state index in [4.69, 9.17) is 9.47 Å². The number of phenolic OH excluding ortho intramolecular Hbond substituents is 1. The molecule has 3 aromatic rings. The fourth-order valence-electron chi connectivity index (χ4n) is 2.14. The quantitative estimate of drug-likeness (QED) is 0.767. The first-order chi connectivity index (χ1) is 11.1. The Morgan fingerprint density at radius 3 is 2.74 bits per heavy atom. The first kappa shape index (κ1) is 15.1. The average molecular weight is 330 g/mol. The third kappa shape index (κ3) is 2.91. The summed E-state index contributed by atoms with van der Waals surface area (Å²) in [5, 5.41) is 13.0. The number of methoxy groups -OCH3 is 2. The van der Waals surface area contributed by atoms with Crippen LogP contribution in [0.4, 0.5) is 5.13 Å². The second-order valence-electron chi connectivity index (χ2n) is 4.66. The van der Waals surface area contributed by atoms with Crippen LogP contribution in [0.2, 0.25) is 0 Å². The number of carbonyl (C=O) groups is 1. The lowest BCUT2D eigenvalue weighted by molar-refractivity contribution is 0.102. The van der Waals surface area contributed by atoms with Crippen LogP contribution in [0.25, 0.3) is 10.2 Å². The van der Waals surface area contributed by atoms with Gasteiger partial charge >= 0.3 is 0 Å². The molecule has 1 heterocycles. The summed E-state index contributed by atoms with van der Waals surface area (Å²) in [5.41, 5.74) is 0.839. The highest BCUT2D eigenvalue weighted by atomic mass is 32.1. The van der Waals surface area contributed by atoms with Crippen LogP contribution in [0, 0.1) is 0 Å². The second-order valence-corrected chi connectivity index (χ2v) is 5.69. The van der Waals surface area contributed by atoms with E-state index in [2.05, 4.69) is 10.3 Å². The predicted octanol–water partition coefficient (Wildman–Crippen LogP) is 3.27. The summed E-state index contributed by atoms with van der Waals surface area (Å²) in [6.07, 6.45) is 0. The van der Waals surface area contributed by atoms with Gasteiger partial charge in [0.25, 0.3) is 5.91 Å². The summed E-state index contributed by atoms with van der Waals surface area (Å²) in [6.45, 7) is 0. The molecule has 0 aliphatic heterocycles. The van der Waals surface area contributed by atoms with Gasteiger partial charge in [-0.25, -0.2) is 4.98 Å². The van der Waals surface area contributed by atoms with Gasteiger partial charge < -0.3 is 14.6 Å². The van der Waals surface area contributed by atoms with Gasteiger partial charge in [0.05, 0.1) is 24.5 Å². The Morgan fingerprint density at radius 1 is 1.22 bits per heavy atom. The lowest BCUT2D eigenvalue weighted by Gasteiger charge is -2.06. The van der Waals surface area contributed by atoms with Crippen LogP contribution >= 0.6 is 11.3 Å². The van der Waals surface area contributed by atoms with Crippen LogP contribution in [0.3, 0.4) is 0 Å². The van der Waals surface area contributed by atoms with E-state index >= 15 is 0 Å². The fourth-order valence-corrected chi connectivity index (χ4v) is 3.01. The molecule has 6 nitrogen and oxygen atoms in total. The molecular weight excluding hydrogens is 316 g/mol. The van der Waals surface area contributed by atoms with E-state index in [0.717, 1.165) is 4.70 Å². The summed E-state index contributed by atoms with van der Waals surface area (Å²) >= 11 is 1.33. The van der Waals surface area contributed by atoms with Crippen molar-refractivity contribution in [2.75, 3.05) is 19.5 Å². The van der Waals surface area contributed by atoms with Crippen molar-refractivity contribution in [3.63, 3.8) is 0 Å². The van der Waals surface area contributed by atoms with Crippen LogP contribution in [-0.2, 0) is 0 Å². The number of nitrogens with one attached hydrogen (secondary N) is 1. The third-order valence-electron chi connectivity index (χ3n) is 3.27. The van der Waals surface area contributed by atoms with Crippen LogP contribution in [0.5, 0.6) is 17.2 Å². The van der Waals surface area contributed by atoms with Crippen molar-refractivity contribution < 1.29 is 19.4 Å².